The van der Waals surface area contributed by atoms with Gasteiger partial charge in [-0.2, -0.15) is 5.10 Å². The topological polar surface area (TPSA) is 52.9 Å². The molecule has 2 aromatic carbocycles. The van der Waals surface area contributed by atoms with E-state index in [1.807, 2.05) is 42.5 Å². The van der Waals surface area contributed by atoms with E-state index in [1.54, 1.807) is 12.1 Å². The molecule has 1 aliphatic heterocycles. The zero-order valence-corrected chi connectivity index (χ0v) is 11.7. The molecule has 0 saturated carbocycles. The second-order valence-corrected chi connectivity index (χ2v) is 5.09. The summed E-state index contributed by atoms with van der Waals surface area (Å²) in [5.41, 5.74) is 2.86. The van der Waals surface area contributed by atoms with E-state index >= 15 is 0 Å². The summed E-state index contributed by atoms with van der Waals surface area (Å²) in [6.07, 6.45) is 0.675. The summed E-state index contributed by atoms with van der Waals surface area (Å²) in [4.78, 5) is 11.8. The lowest BCUT2D eigenvalue weighted by Gasteiger charge is -2.20. The zero-order valence-electron chi connectivity index (χ0n) is 11.7. The van der Waals surface area contributed by atoms with Crippen LogP contribution in [0, 0.1) is 0 Å². The maximum Gasteiger partial charge on any atom is 0.240 e. The first-order chi connectivity index (χ1) is 10.1. The largest absolute Gasteiger partial charge is 0.508 e. The highest BCUT2D eigenvalue weighted by atomic mass is 16.3. The molecule has 1 aliphatic rings. The highest BCUT2D eigenvalue weighted by molar-refractivity contribution is 6.03. The van der Waals surface area contributed by atoms with E-state index in [-0.39, 0.29) is 17.7 Å². The van der Waals surface area contributed by atoms with E-state index < -0.39 is 0 Å². The average molecular weight is 280 g/mol. The van der Waals surface area contributed by atoms with E-state index in [1.165, 1.54) is 11.9 Å². The third kappa shape index (κ3) is 2.65. The van der Waals surface area contributed by atoms with Crippen LogP contribution in [0.25, 0.3) is 0 Å². The summed E-state index contributed by atoms with van der Waals surface area (Å²) in [5, 5.41) is 15.4. The Hall–Kier alpha value is -2.62. The van der Waals surface area contributed by atoms with Gasteiger partial charge in [0.2, 0.25) is 5.91 Å². The van der Waals surface area contributed by atoms with Gasteiger partial charge in [-0.1, -0.05) is 30.3 Å². The van der Waals surface area contributed by atoms with Crippen molar-refractivity contribution in [3.63, 3.8) is 0 Å². The molecule has 1 atom stereocenters. The minimum absolute atomic E-state index is 0.0625. The van der Waals surface area contributed by atoms with Crippen LogP contribution in [0.4, 0.5) is 0 Å². The molecule has 4 heteroatoms. The molecule has 2 aromatic rings. The van der Waals surface area contributed by atoms with Gasteiger partial charge in [-0.15, -0.1) is 0 Å². The smallest absolute Gasteiger partial charge is 0.240 e. The van der Waals surface area contributed by atoms with Gasteiger partial charge in [0.15, 0.2) is 0 Å². The molecule has 0 saturated heterocycles. The van der Waals surface area contributed by atoms with Crippen molar-refractivity contribution < 1.29 is 9.90 Å². The second-order valence-electron chi connectivity index (χ2n) is 5.09. The first-order valence-electron chi connectivity index (χ1n) is 6.87. The van der Waals surface area contributed by atoms with Gasteiger partial charge in [-0.3, -0.25) is 4.79 Å². The van der Waals surface area contributed by atoms with Crippen LogP contribution in [-0.4, -0.2) is 21.7 Å². The van der Waals surface area contributed by atoms with Gasteiger partial charge >= 0.3 is 0 Å². The van der Waals surface area contributed by atoms with Crippen LogP contribution in [0.2, 0.25) is 0 Å². The highest BCUT2D eigenvalue weighted by Gasteiger charge is 2.31. The molecular formula is C17H16N2O2. The van der Waals surface area contributed by atoms with Gasteiger partial charge in [0.25, 0.3) is 0 Å². The molecule has 0 bridgehead atoms. The van der Waals surface area contributed by atoms with Crippen LogP contribution in [0.5, 0.6) is 5.75 Å². The Morgan fingerprint density at radius 1 is 1.14 bits per heavy atom. The second kappa shape index (κ2) is 5.40. The van der Waals surface area contributed by atoms with Gasteiger partial charge < -0.3 is 5.11 Å². The van der Waals surface area contributed by atoms with Crippen LogP contribution < -0.4 is 0 Å². The van der Waals surface area contributed by atoms with E-state index in [0.29, 0.717) is 6.42 Å². The van der Waals surface area contributed by atoms with Crippen molar-refractivity contribution in [3.05, 3.63) is 65.7 Å². The van der Waals surface area contributed by atoms with Crippen molar-refractivity contribution in [2.24, 2.45) is 5.10 Å². The van der Waals surface area contributed by atoms with Crippen molar-refractivity contribution in [2.45, 2.75) is 19.4 Å². The van der Waals surface area contributed by atoms with Gasteiger partial charge in [-0.25, -0.2) is 5.01 Å². The number of hydrogen-bond acceptors (Lipinski definition) is 3. The Labute approximate surface area is 123 Å². The maximum absolute atomic E-state index is 11.8. The SMILES string of the molecule is CC(=O)N1N=C(c2ccc(O)cc2)C[C@H]1c1ccccc1. The Morgan fingerprint density at radius 3 is 2.43 bits per heavy atom. The predicted molar refractivity (Wildman–Crippen MR) is 81.0 cm³/mol. The lowest BCUT2D eigenvalue weighted by molar-refractivity contribution is -0.130. The van der Waals surface area contributed by atoms with Crippen molar-refractivity contribution in [1.82, 2.24) is 5.01 Å². The number of nitrogens with zero attached hydrogens (tertiary/aromatic N) is 2. The fourth-order valence-electron chi connectivity index (χ4n) is 2.56. The summed E-state index contributed by atoms with van der Waals surface area (Å²) >= 11 is 0. The molecule has 0 aliphatic carbocycles. The molecule has 4 nitrogen and oxygen atoms in total. The monoisotopic (exact) mass is 280 g/mol. The van der Waals surface area contributed by atoms with E-state index in [9.17, 15) is 9.90 Å². The molecule has 0 fully saturated rings. The Morgan fingerprint density at radius 2 is 1.81 bits per heavy atom. The van der Waals surface area contributed by atoms with Crippen LogP contribution >= 0.6 is 0 Å². The maximum atomic E-state index is 11.8. The number of benzene rings is 2. The minimum Gasteiger partial charge on any atom is -0.508 e. The molecule has 1 heterocycles. The normalized spacial score (nSPS) is 17.7. The van der Waals surface area contributed by atoms with Gasteiger partial charge in [0, 0.05) is 13.3 Å². The summed E-state index contributed by atoms with van der Waals surface area (Å²) in [7, 11) is 0. The molecule has 0 spiro atoms. The zero-order chi connectivity index (χ0) is 14.8. The first-order valence-corrected chi connectivity index (χ1v) is 6.87. The van der Waals surface area contributed by atoms with Gasteiger partial charge in [0.05, 0.1) is 11.8 Å². The molecule has 1 N–H and O–H groups in total. The third-order valence-corrected chi connectivity index (χ3v) is 3.62. The summed E-state index contributed by atoms with van der Waals surface area (Å²) in [5.74, 6) is 0.151. The van der Waals surface area contributed by atoms with E-state index in [4.69, 9.17) is 0 Å². The molecule has 0 unspecified atom stereocenters. The molecule has 106 valence electrons. The molecule has 0 radical (unpaired) electrons. The van der Waals surface area contributed by atoms with Crippen LogP contribution in [0.1, 0.15) is 30.5 Å². The predicted octanol–water partition coefficient (Wildman–Crippen LogP) is 3.09. The average Bonchev–Trinajstić information content (AvgIpc) is 2.94. The number of carbonyl (C=O) groups excluding carboxylic acids is 1. The van der Waals surface area contributed by atoms with E-state index in [2.05, 4.69) is 5.10 Å². The lowest BCUT2D eigenvalue weighted by atomic mass is 9.98. The van der Waals surface area contributed by atoms with Crippen LogP contribution in [0.15, 0.2) is 59.7 Å². The number of hydrogen-bond donors (Lipinski definition) is 1. The number of phenolic OH excluding ortho intramolecular Hbond substituents is 1. The Bertz CT molecular complexity index is 678. The fraction of sp³-hybridized carbons (Fsp3) is 0.176. The van der Waals surface area contributed by atoms with Crippen LogP contribution in [0.3, 0.4) is 0 Å². The van der Waals surface area contributed by atoms with Gasteiger partial charge in [0.1, 0.15) is 5.75 Å². The number of aromatic hydroxyl groups is 1. The molecule has 1 amide bonds. The van der Waals surface area contributed by atoms with E-state index in [0.717, 1.165) is 16.8 Å². The number of hydrazone groups is 1. The van der Waals surface area contributed by atoms with Crippen molar-refractivity contribution in [1.29, 1.82) is 0 Å². The van der Waals surface area contributed by atoms with Crippen molar-refractivity contribution in [2.75, 3.05) is 0 Å². The molecule has 3 rings (SSSR count). The quantitative estimate of drug-likeness (QED) is 0.919. The molecular weight excluding hydrogens is 264 g/mol. The fourth-order valence-corrected chi connectivity index (χ4v) is 2.56. The number of phenols is 1. The Kier molecular flexibility index (Phi) is 3.44. The number of amides is 1. The summed E-state index contributed by atoms with van der Waals surface area (Å²) in [6.45, 7) is 1.53. The number of carbonyl (C=O) groups is 1. The van der Waals surface area contributed by atoms with Crippen molar-refractivity contribution >= 4 is 11.6 Å². The van der Waals surface area contributed by atoms with Crippen LogP contribution in [-0.2, 0) is 4.79 Å². The standard InChI is InChI=1S/C17H16N2O2/c1-12(20)19-17(14-5-3-2-4-6-14)11-16(18-19)13-7-9-15(21)10-8-13/h2-10,17,21H,11H2,1H3/t17-/m0/s1. The third-order valence-electron chi connectivity index (χ3n) is 3.62. The minimum atomic E-state index is -0.0716. The Balaban J connectivity index is 1.93. The molecule has 0 aromatic heterocycles. The highest BCUT2D eigenvalue weighted by Crippen LogP contribution is 2.32. The summed E-state index contributed by atoms with van der Waals surface area (Å²) in [6, 6.07) is 16.7. The number of rotatable bonds is 2. The molecule has 21 heavy (non-hydrogen) atoms. The van der Waals surface area contributed by atoms with Gasteiger partial charge in [-0.05, 0) is 35.4 Å². The lowest BCUT2D eigenvalue weighted by Crippen LogP contribution is -2.24. The first kappa shape index (κ1) is 13.4. The summed E-state index contributed by atoms with van der Waals surface area (Å²) < 4.78 is 0. The van der Waals surface area contributed by atoms with Crippen molar-refractivity contribution in [3.8, 4) is 5.75 Å².